The van der Waals surface area contributed by atoms with Crippen LogP contribution in [0.15, 0.2) is 78.5 Å². The van der Waals surface area contributed by atoms with Gasteiger partial charge in [-0.05, 0) is 85.5 Å². The van der Waals surface area contributed by atoms with Crippen molar-refractivity contribution in [3.8, 4) is 11.1 Å². The van der Waals surface area contributed by atoms with Crippen LogP contribution >= 0.6 is 0 Å². The minimum absolute atomic E-state index is 0.0511. The van der Waals surface area contributed by atoms with Gasteiger partial charge in [0.2, 0.25) is 0 Å². The number of anilines is 1. The van der Waals surface area contributed by atoms with Gasteiger partial charge in [0.05, 0.1) is 22.4 Å². The number of benzene rings is 3. The van der Waals surface area contributed by atoms with Crippen molar-refractivity contribution in [1.82, 2.24) is 4.90 Å². The van der Waals surface area contributed by atoms with Gasteiger partial charge >= 0.3 is 24.6 Å². The zero-order valence-corrected chi connectivity index (χ0v) is 24.2. The highest BCUT2D eigenvalue weighted by atomic mass is 19.4. The molecule has 242 valence electrons. The van der Waals surface area contributed by atoms with Crippen LogP contribution in [0.1, 0.15) is 48.6 Å². The van der Waals surface area contributed by atoms with E-state index in [1.165, 1.54) is 37.3 Å². The maximum Gasteiger partial charge on any atom is 0.416 e. The minimum Gasteiger partial charge on any atom is -0.445 e. The van der Waals surface area contributed by atoms with Gasteiger partial charge in [-0.2, -0.15) is 44.6 Å². The molecule has 0 radical (unpaired) electrons. The molecule has 0 aliphatic rings. The molecule has 0 spiro atoms. The molecule has 45 heavy (non-hydrogen) atoms. The standard InChI is InChI=1S/C31H28F9N3O2/c1-5-41-43(6-2)26-9-7-8-21(15-26)27-11-10-23(29(32,33)34)14-22(27)17-42(19(3)4)28(44)45-18-20-12-24(30(35,36)37)16-25(13-20)31(38,39)40/h5-16,19H,2,17-18H2,1,3-4H3/b41-5-. The van der Waals surface area contributed by atoms with Gasteiger partial charge in [-0.15, -0.1) is 0 Å². The summed E-state index contributed by atoms with van der Waals surface area (Å²) in [4.78, 5) is 14.1. The molecule has 0 aliphatic heterocycles. The van der Waals surface area contributed by atoms with Crippen LogP contribution in [0.25, 0.3) is 11.1 Å². The SMILES string of the molecule is C=CN(/N=C\C)c1cccc(-c2ccc(C(F)(F)F)cc2CN(C(=O)OCc2cc(C(F)(F)F)cc(C(F)(F)F)c2)C(C)C)c1. The van der Waals surface area contributed by atoms with Gasteiger partial charge < -0.3 is 9.64 Å². The molecule has 0 heterocycles. The van der Waals surface area contributed by atoms with E-state index in [9.17, 15) is 44.3 Å². The molecule has 0 N–H and O–H groups in total. The fraction of sp³-hybridized carbons (Fsp3) is 0.290. The number of halogens is 9. The van der Waals surface area contributed by atoms with E-state index in [4.69, 9.17) is 4.74 Å². The summed E-state index contributed by atoms with van der Waals surface area (Å²) in [6.45, 7) is 7.01. The van der Waals surface area contributed by atoms with Crippen molar-refractivity contribution < 1.29 is 49.0 Å². The average molecular weight is 646 g/mol. The third-order valence-electron chi connectivity index (χ3n) is 6.48. The van der Waals surface area contributed by atoms with E-state index in [1.54, 1.807) is 31.2 Å². The summed E-state index contributed by atoms with van der Waals surface area (Å²) in [5.74, 6) is 0. The first-order chi connectivity index (χ1) is 20.8. The van der Waals surface area contributed by atoms with Crippen LogP contribution in [0.3, 0.4) is 0 Å². The molecule has 0 bridgehead atoms. The van der Waals surface area contributed by atoms with Crippen molar-refractivity contribution >= 4 is 18.0 Å². The predicted molar refractivity (Wildman–Crippen MR) is 151 cm³/mol. The predicted octanol–water partition coefficient (Wildman–Crippen LogP) is 9.91. The van der Waals surface area contributed by atoms with Crippen LogP contribution in [0, 0.1) is 0 Å². The normalized spacial score (nSPS) is 12.5. The summed E-state index contributed by atoms with van der Waals surface area (Å²) >= 11 is 0. The van der Waals surface area contributed by atoms with Crippen LogP contribution < -0.4 is 5.01 Å². The lowest BCUT2D eigenvalue weighted by atomic mass is 9.96. The van der Waals surface area contributed by atoms with E-state index >= 15 is 0 Å². The van der Waals surface area contributed by atoms with Crippen LogP contribution in [0.4, 0.5) is 50.0 Å². The zero-order valence-electron chi connectivity index (χ0n) is 24.2. The van der Waals surface area contributed by atoms with E-state index in [0.29, 0.717) is 28.9 Å². The molecule has 0 aliphatic carbocycles. The number of ether oxygens (including phenoxy) is 1. The highest BCUT2D eigenvalue weighted by Gasteiger charge is 2.37. The molecule has 3 aromatic rings. The number of carbonyl (C=O) groups is 1. The van der Waals surface area contributed by atoms with E-state index in [0.717, 1.165) is 17.0 Å². The summed E-state index contributed by atoms with van der Waals surface area (Å²) in [5, 5.41) is 5.58. The second-order valence-electron chi connectivity index (χ2n) is 10.0. The zero-order chi connectivity index (χ0) is 33.7. The van der Waals surface area contributed by atoms with Gasteiger partial charge in [-0.3, -0.25) is 0 Å². The van der Waals surface area contributed by atoms with Crippen molar-refractivity contribution in [2.24, 2.45) is 5.10 Å². The van der Waals surface area contributed by atoms with Crippen molar-refractivity contribution in [2.75, 3.05) is 5.01 Å². The first kappa shape index (κ1) is 35.0. The Morgan fingerprint density at radius 3 is 1.98 bits per heavy atom. The van der Waals surface area contributed by atoms with Gasteiger partial charge in [0.1, 0.15) is 6.61 Å². The Bertz CT molecular complexity index is 1510. The molecule has 5 nitrogen and oxygen atoms in total. The van der Waals surface area contributed by atoms with Crippen molar-refractivity contribution in [3.05, 3.63) is 101 Å². The fourth-order valence-electron chi connectivity index (χ4n) is 4.31. The molecule has 14 heteroatoms. The Labute approximate surface area is 253 Å². The first-order valence-electron chi connectivity index (χ1n) is 13.3. The summed E-state index contributed by atoms with van der Waals surface area (Å²) < 4.78 is 126. The van der Waals surface area contributed by atoms with Crippen LogP contribution in [0.5, 0.6) is 0 Å². The number of hydrazone groups is 1. The molecule has 0 unspecified atom stereocenters. The smallest absolute Gasteiger partial charge is 0.416 e. The van der Waals surface area contributed by atoms with Gasteiger partial charge in [0, 0.05) is 25.0 Å². The lowest BCUT2D eigenvalue weighted by molar-refractivity contribution is -0.143. The van der Waals surface area contributed by atoms with Crippen LogP contribution in [-0.2, 0) is 36.4 Å². The third-order valence-corrected chi connectivity index (χ3v) is 6.48. The van der Waals surface area contributed by atoms with Gasteiger partial charge in [-0.25, -0.2) is 9.80 Å². The number of rotatable bonds is 9. The monoisotopic (exact) mass is 645 g/mol. The Morgan fingerprint density at radius 1 is 0.867 bits per heavy atom. The number of nitrogens with zero attached hydrogens (tertiary/aromatic N) is 3. The molecule has 0 atom stereocenters. The maximum atomic E-state index is 13.7. The lowest BCUT2D eigenvalue weighted by Crippen LogP contribution is -2.37. The second kappa shape index (κ2) is 13.7. The number of carbonyl (C=O) groups excluding carboxylic acids is 1. The first-order valence-corrected chi connectivity index (χ1v) is 13.3. The topological polar surface area (TPSA) is 45.1 Å². The molecule has 1 amide bonds. The third kappa shape index (κ3) is 9.02. The summed E-state index contributed by atoms with van der Waals surface area (Å²) in [6, 6.07) is 9.69. The molecular weight excluding hydrogens is 617 g/mol. The highest BCUT2D eigenvalue weighted by molar-refractivity contribution is 5.74. The quantitative estimate of drug-likeness (QED) is 0.132. The van der Waals surface area contributed by atoms with E-state index in [-0.39, 0.29) is 11.6 Å². The average Bonchev–Trinajstić information content (AvgIpc) is 2.95. The Morgan fingerprint density at radius 2 is 1.47 bits per heavy atom. The van der Waals surface area contributed by atoms with Crippen LogP contribution in [-0.4, -0.2) is 23.2 Å². The molecule has 0 aromatic heterocycles. The lowest BCUT2D eigenvalue weighted by Gasteiger charge is -2.28. The number of hydrogen-bond donors (Lipinski definition) is 0. The van der Waals surface area contributed by atoms with Crippen molar-refractivity contribution in [2.45, 2.75) is 58.5 Å². The molecule has 0 saturated heterocycles. The van der Waals surface area contributed by atoms with Gasteiger partial charge in [0.25, 0.3) is 0 Å². The fourth-order valence-corrected chi connectivity index (χ4v) is 4.31. The summed E-state index contributed by atoms with van der Waals surface area (Å²) in [6.07, 6.45) is -13.2. The number of alkyl halides is 9. The number of hydrogen-bond acceptors (Lipinski definition) is 4. The van der Waals surface area contributed by atoms with Crippen molar-refractivity contribution in [3.63, 3.8) is 0 Å². The van der Waals surface area contributed by atoms with Crippen LogP contribution in [0.2, 0.25) is 0 Å². The Kier molecular flexibility index (Phi) is 10.6. The minimum atomic E-state index is -5.10. The number of amides is 1. The Hall–Kier alpha value is -4.49. The van der Waals surface area contributed by atoms with E-state index in [2.05, 4.69) is 11.7 Å². The Balaban J connectivity index is 1.99. The molecule has 3 aromatic carbocycles. The molecule has 0 fully saturated rings. The molecular formula is C31H28F9N3O2. The molecule has 0 saturated carbocycles. The summed E-state index contributed by atoms with van der Waals surface area (Å²) in [5.41, 5.74) is -3.37. The molecule has 3 rings (SSSR count). The largest absolute Gasteiger partial charge is 0.445 e. The van der Waals surface area contributed by atoms with E-state index < -0.39 is 66.1 Å². The maximum absolute atomic E-state index is 13.7. The second-order valence-corrected chi connectivity index (χ2v) is 10.0. The van der Waals surface area contributed by atoms with Gasteiger partial charge in [0.15, 0.2) is 0 Å². The van der Waals surface area contributed by atoms with Gasteiger partial charge in [-0.1, -0.05) is 24.8 Å². The van der Waals surface area contributed by atoms with E-state index in [1.807, 2.05) is 0 Å². The van der Waals surface area contributed by atoms with Crippen molar-refractivity contribution in [1.29, 1.82) is 0 Å². The summed E-state index contributed by atoms with van der Waals surface area (Å²) in [7, 11) is 0. The highest BCUT2D eigenvalue weighted by Crippen LogP contribution is 2.38.